The smallest absolute Gasteiger partial charge is 0.261 e. The first-order valence-corrected chi connectivity index (χ1v) is 9.94. The standard InChI is InChI=1S/C20H22N2O3S/c1-5-14-7-6-8-15(11-14)21-26(24,25)16-9-10-18-17(12-16)19(13(2)3)20(23)22(18)4/h6-12,21H,5H2,1-4H3. The molecule has 0 saturated heterocycles. The second kappa shape index (κ2) is 6.61. The molecule has 1 aliphatic rings. The van der Waals surface area contributed by atoms with Crippen LogP contribution in [0.5, 0.6) is 0 Å². The topological polar surface area (TPSA) is 66.5 Å². The van der Waals surface area contributed by atoms with Gasteiger partial charge in [-0.25, -0.2) is 8.42 Å². The molecule has 0 unspecified atom stereocenters. The molecule has 2 aromatic carbocycles. The van der Waals surface area contributed by atoms with E-state index in [0.29, 0.717) is 16.8 Å². The van der Waals surface area contributed by atoms with Crippen LogP contribution in [-0.2, 0) is 21.2 Å². The number of aryl methyl sites for hydroxylation is 1. The van der Waals surface area contributed by atoms with Crippen LogP contribution in [0.4, 0.5) is 11.4 Å². The number of anilines is 2. The van der Waals surface area contributed by atoms with E-state index in [1.807, 2.05) is 39.0 Å². The highest BCUT2D eigenvalue weighted by Crippen LogP contribution is 2.38. The van der Waals surface area contributed by atoms with Crippen molar-refractivity contribution >= 4 is 32.9 Å². The van der Waals surface area contributed by atoms with Crippen LogP contribution in [0.25, 0.3) is 5.57 Å². The predicted molar refractivity (Wildman–Crippen MR) is 105 cm³/mol. The number of amides is 1. The van der Waals surface area contributed by atoms with Crippen molar-refractivity contribution in [2.24, 2.45) is 0 Å². The molecule has 26 heavy (non-hydrogen) atoms. The Morgan fingerprint density at radius 2 is 1.85 bits per heavy atom. The Labute approximate surface area is 154 Å². The molecule has 0 spiro atoms. The zero-order valence-electron chi connectivity index (χ0n) is 15.3. The van der Waals surface area contributed by atoms with Gasteiger partial charge in [-0.1, -0.05) is 24.6 Å². The third-order valence-electron chi connectivity index (χ3n) is 4.51. The van der Waals surface area contributed by atoms with E-state index in [2.05, 4.69) is 4.72 Å². The summed E-state index contributed by atoms with van der Waals surface area (Å²) < 4.78 is 28.3. The van der Waals surface area contributed by atoms with E-state index in [-0.39, 0.29) is 10.8 Å². The van der Waals surface area contributed by atoms with Crippen molar-refractivity contribution in [1.82, 2.24) is 0 Å². The molecule has 1 amide bonds. The molecule has 0 saturated carbocycles. The van der Waals surface area contributed by atoms with Gasteiger partial charge in [-0.3, -0.25) is 9.52 Å². The van der Waals surface area contributed by atoms with E-state index in [1.165, 1.54) is 6.07 Å². The highest BCUT2D eigenvalue weighted by Gasteiger charge is 2.31. The summed E-state index contributed by atoms with van der Waals surface area (Å²) in [4.78, 5) is 14.1. The van der Waals surface area contributed by atoms with Crippen LogP contribution in [-0.4, -0.2) is 21.4 Å². The summed E-state index contributed by atoms with van der Waals surface area (Å²) in [6, 6.07) is 12.1. The highest BCUT2D eigenvalue weighted by atomic mass is 32.2. The Morgan fingerprint density at radius 3 is 2.50 bits per heavy atom. The van der Waals surface area contributed by atoms with Gasteiger partial charge in [0.15, 0.2) is 0 Å². The van der Waals surface area contributed by atoms with Crippen molar-refractivity contribution in [3.8, 4) is 0 Å². The summed E-state index contributed by atoms with van der Waals surface area (Å²) in [7, 11) is -2.05. The first kappa shape index (κ1) is 18.2. The number of fused-ring (bicyclic) bond motifs is 1. The summed E-state index contributed by atoms with van der Waals surface area (Å²) >= 11 is 0. The van der Waals surface area contributed by atoms with Gasteiger partial charge in [-0.05, 0) is 56.2 Å². The molecule has 0 aromatic heterocycles. The second-order valence-electron chi connectivity index (χ2n) is 6.58. The van der Waals surface area contributed by atoms with Crippen LogP contribution in [0.3, 0.4) is 0 Å². The van der Waals surface area contributed by atoms with E-state index in [0.717, 1.165) is 23.2 Å². The molecule has 1 aliphatic heterocycles. The third-order valence-corrected chi connectivity index (χ3v) is 5.89. The Balaban J connectivity index is 2.03. The highest BCUT2D eigenvalue weighted by molar-refractivity contribution is 7.92. The molecule has 2 aromatic rings. The lowest BCUT2D eigenvalue weighted by molar-refractivity contribution is -0.112. The van der Waals surface area contributed by atoms with Crippen LogP contribution in [0.15, 0.2) is 52.9 Å². The van der Waals surface area contributed by atoms with Gasteiger partial charge >= 0.3 is 0 Å². The zero-order chi connectivity index (χ0) is 19.1. The number of benzene rings is 2. The molecule has 3 rings (SSSR count). The Kier molecular flexibility index (Phi) is 4.63. The lowest BCUT2D eigenvalue weighted by atomic mass is 10.0. The van der Waals surface area contributed by atoms with Crippen LogP contribution in [0.1, 0.15) is 31.9 Å². The average molecular weight is 370 g/mol. The van der Waals surface area contributed by atoms with Crippen LogP contribution >= 0.6 is 0 Å². The molecule has 0 bridgehead atoms. The number of hydrogen-bond donors (Lipinski definition) is 1. The predicted octanol–water partition coefficient (Wildman–Crippen LogP) is 3.82. The number of carbonyl (C=O) groups is 1. The second-order valence-corrected chi connectivity index (χ2v) is 8.26. The van der Waals surface area contributed by atoms with Crippen LogP contribution in [0.2, 0.25) is 0 Å². The van der Waals surface area contributed by atoms with Crippen molar-refractivity contribution in [1.29, 1.82) is 0 Å². The Morgan fingerprint density at radius 1 is 1.12 bits per heavy atom. The van der Waals surface area contributed by atoms with Gasteiger partial charge < -0.3 is 4.90 Å². The van der Waals surface area contributed by atoms with Gasteiger partial charge in [0.2, 0.25) is 0 Å². The number of nitrogens with zero attached hydrogens (tertiary/aromatic N) is 1. The minimum Gasteiger partial charge on any atom is -0.311 e. The lowest BCUT2D eigenvalue weighted by Gasteiger charge is -2.12. The maximum atomic E-state index is 12.8. The van der Waals surface area contributed by atoms with Gasteiger partial charge in [0, 0.05) is 23.9 Å². The summed E-state index contributed by atoms with van der Waals surface area (Å²) in [5, 5.41) is 0. The van der Waals surface area contributed by atoms with Crippen LogP contribution in [0, 0.1) is 0 Å². The molecule has 136 valence electrons. The average Bonchev–Trinajstić information content (AvgIpc) is 2.85. The number of likely N-dealkylation sites (N-methyl/N-ethyl adjacent to an activating group) is 1. The Hall–Kier alpha value is -2.60. The number of nitrogens with one attached hydrogen (secondary N) is 1. The Bertz CT molecular complexity index is 1020. The number of allylic oxidation sites excluding steroid dienone is 1. The summed E-state index contributed by atoms with van der Waals surface area (Å²) in [6.07, 6.45) is 0.826. The zero-order valence-corrected chi connectivity index (χ0v) is 16.1. The molecule has 0 atom stereocenters. The van der Waals surface area contributed by atoms with E-state index in [9.17, 15) is 13.2 Å². The van der Waals surface area contributed by atoms with Gasteiger partial charge in [0.1, 0.15) is 0 Å². The maximum absolute atomic E-state index is 12.8. The molecule has 0 aliphatic carbocycles. The normalized spacial score (nSPS) is 13.8. The first-order chi connectivity index (χ1) is 12.2. The summed E-state index contributed by atoms with van der Waals surface area (Å²) in [5.74, 6) is -0.113. The lowest BCUT2D eigenvalue weighted by Crippen LogP contribution is -2.20. The van der Waals surface area contributed by atoms with E-state index >= 15 is 0 Å². The van der Waals surface area contributed by atoms with Gasteiger partial charge in [0.25, 0.3) is 15.9 Å². The maximum Gasteiger partial charge on any atom is 0.261 e. The van der Waals surface area contributed by atoms with Crippen molar-refractivity contribution in [3.05, 3.63) is 59.2 Å². The molecular weight excluding hydrogens is 348 g/mol. The fraction of sp³-hybridized carbons (Fsp3) is 0.250. The quantitative estimate of drug-likeness (QED) is 0.832. The molecule has 0 radical (unpaired) electrons. The molecule has 1 heterocycles. The van der Waals surface area contributed by atoms with Gasteiger partial charge in [-0.15, -0.1) is 0 Å². The number of carbonyl (C=O) groups excluding carboxylic acids is 1. The summed E-state index contributed by atoms with van der Waals surface area (Å²) in [5.41, 5.74) is 4.38. The molecule has 1 N–H and O–H groups in total. The summed E-state index contributed by atoms with van der Waals surface area (Å²) in [6.45, 7) is 5.72. The monoisotopic (exact) mass is 370 g/mol. The molecule has 5 nitrogen and oxygen atoms in total. The van der Waals surface area contributed by atoms with Crippen LogP contribution < -0.4 is 9.62 Å². The van der Waals surface area contributed by atoms with Crippen molar-refractivity contribution in [2.45, 2.75) is 32.1 Å². The fourth-order valence-corrected chi connectivity index (χ4v) is 4.19. The van der Waals surface area contributed by atoms with Crippen molar-refractivity contribution in [3.63, 3.8) is 0 Å². The first-order valence-electron chi connectivity index (χ1n) is 8.46. The fourth-order valence-electron chi connectivity index (χ4n) is 3.12. The third kappa shape index (κ3) is 3.12. The molecule has 6 heteroatoms. The number of sulfonamides is 1. The van der Waals surface area contributed by atoms with Crippen molar-refractivity contribution in [2.75, 3.05) is 16.7 Å². The van der Waals surface area contributed by atoms with Crippen molar-refractivity contribution < 1.29 is 13.2 Å². The van der Waals surface area contributed by atoms with E-state index < -0.39 is 10.0 Å². The minimum absolute atomic E-state index is 0.113. The molecular formula is C20H22N2O3S. The molecule has 0 fully saturated rings. The van der Waals surface area contributed by atoms with E-state index in [4.69, 9.17) is 0 Å². The van der Waals surface area contributed by atoms with Gasteiger partial charge in [-0.2, -0.15) is 0 Å². The SMILES string of the molecule is CCc1cccc(NS(=O)(=O)c2ccc3c(c2)C(=C(C)C)C(=O)N3C)c1. The van der Waals surface area contributed by atoms with E-state index in [1.54, 1.807) is 30.1 Å². The number of rotatable bonds is 4. The number of hydrogen-bond acceptors (Lipinski definition) is 3. The minimum atomic E-state index is -3.75. The largest absolute Gasteiger partial charge is 0.311 e. The van der Waals surface area contributed by atoms with Gasteiger partial charge in [0.05, 0.1) is 10.6 Å².